The average Bonchev–Trinajstić information content (AvgIpc) is 2.53. The third kappa shape index (κ3) is 5.75. The van der Waals surface area contributed by atoms with E-state index in [9.17, 15) is 18.3 Å². The molecule has 2 atom stereocenters. The highest BCUT2D eigenvalue weighted by Gasteiger charge is 2.36. The van der Waals surface area contributed by atoms with Gasteiger partial charge in [0.1, 0.15) is 5.60 Å². The molecule has 0 saturated carbocycles. The Hall–Kier alpha value is -0.860. The number of hydrogen-bond acceptors (Lipinski definition) is 6. The van der Waals surface area contributed by atoms with Crippen molar-refractivity contribution in [3.8, 4) is 0 Å². The first-order valence-corrected chi connectivity index (χ1v) is 7.80. The van der Waals surface area contributed by atoms with Gasteiger partial charge in [-0.25, -0.2) is 4.79 Å². The third-order valence-corrected chi connectivity index (χ3v) is 3.12. The van der Waals surface area contributed by atoms with Gasteiger partial charge in [-0.3, -0.25) is 4.18 Å². The van der Waals surface area contributed by atoms with Crippen LogP contribution >= 0.6 is 0 Å². The van der Waals surface area contributed by atoms with Crippen LogP contribution in [-0.4, -0.2) is 62.2 Å². The Balaban J connectivity index is 2.53. The van der Waals surface area contributed by atoms with Crippen LogP contribution in [-0.2, 0) is 19.0 Å². The summed E-state index contributed by atoms with van der Waals surface area (Å²) < 4.78 is 31.6. The average molecular weight is 295 g/mol. The van der Waals surface area contributed by atoms with Crippen molar-refractivity contribution < 1.29 is 27.2 Å². The second kappa shape index (κ2) is 5.64. The Bertz CT molecular complexity index is 427. The monoisotopic (exact) mass is 295 g/mol. The van der Waals surface area contributed by atoms with Crippen LogP contribution in [0.1, 0.15) is 20.8 Å². The molecule has 0 spiro atoms. The molecule has 112 valence electrons. The summed E-state index contributed by atoms with van der Waals surface area (Å²) in [6.45, 7) is 5.45. The van der Waals surface area contributed by atoms with Crippen LogP contribution in [0, 0.1) is 5.92 Å². The van der Waals surface area contributed by atoms with Crippen molar-refractivity contribution in [3.63, 3.8) is 0 Å². The lowest BCUT2D eigenvalue weighted by molar-refractivity contribution is 0.0269. The fraction of sp³-hybridized carbons (Fsp3) is 0.909. The maximum atomic E-state index is 11.8. The van der Waals surface area contributed by atoms with Gasteiger partial charge in [0.05, 0.1) is 25.5 Å². The van der Waals surface area contributed by atoms with E-state index in [-0.39, 0.29) is 19.7 Å². The molecule has 0 aromatic rings. The van der Waals surface area contributed by atoms with Crippen molar-refractivity contribution >= 4 is 16.2 Å². The molecule has 0 aromatic heterocycles. The SMILES string of the molecule is CC(C)(C)OC(=O)N1C[C@H](COS(C)(=O)=O)[C@H](O)C1. The summed E-state index contributed by atoms with van der Waals surface area (Å²) in [7, 11) is -3.55. The van der Waals surface area contributed by atoms with E-state index < -0.39 is 33.8 Å². The number of amides is 1. The molecule has 1 aliphatic rings. The van der Waals surface area contributed by atoms with Gasteiger partial charge in [-0.15, -0.1) is 0 Å². The highest BCUT2D eigenvalue weighted by atomic mass is 32.2. The van der Waals surface area contributed by atoms with Crippen molar-refractivity contribution in [1.29, 1.82) is 0 Å². The summed E-state index contributed by atoms with van der Waals surface area (Å²) >= 11 is 0. The number of likely N-dealkylation sites (tertiary alicyclic amines) is 1. The van der Waals surface area contributed by atoms with Crippen LogP contribution in [0.25, 0.3) is 0 Å². The molecule has 0 aromatic carbocycles. The molecule has 1 saturated heterocycles. The maximum absolute atomic E-state index is 11.8. The number of carbonyl (C=O) groups is 1. The molecular weight excluding hydrogens is 274 g/mol. The lowest BCUT2D eigenvalue weighted by atomic mass is 10.1. The molecular formula is C11H21NO6S. The zero-order chi connectivity index (χ0) is 14.8. The smallest absolute Gasteiger partial charge is 0.410 e. The molecule has 0 bridgehead atoms. The second-order valence-corrected chi connectivity index (χ2v) is 7.35. The number of ether oxygens (including phenoxy) is 1. The third-order valence-electron chi connectivity index (χ3n) is 2.55. The van der Waals surface area contributed by atoms with E-state index in [1.54, 1.807) is 20.8 Å². The highest BCUT2D eigenvalue weighted by molar-refractivity contribution is 7.85. The van der Waals surface area contributed by atoms with E-state index >= 15 is 0 Å². The van der Waals surface area contributed by atoms with Crippen molar-refractivity contribution in [3.05, 3.63) is 0 Å². The number of nitrogens with zero attached hydrogens (tertiary/aromatic N) is 1. The molecule has 1 aliphatic heterocycles. The van der Waals surface area contributed by atoms with Crippen molar-refractivity contribution in [2.75, 3.05) is 26.0 Å². The largest absolute Gasteiger partial charge is 0.444 e. The van der Waals surface area contributed by atoms with Gasteiger partial charge < -0.3 is 14.7 Å². The molecule has 19 heavy (non-hydrogen) atoms. The Kier molecular flexibility index (Phi) is 4.81. The van der Waals surface area contributed by atoms with Crippen LogP contribution in [0.2, 0.25) is 0 Å². The Morgan fingerprint density at radius 3 is 2.42 bits per heavy atom. The number of carbonyl (C=O) groups excluding carboxylic acids is 1. The molecule has 8 heteroatoms. The summed E-state index contributed by atoms with van der Waals surface area (Å²) in [4.78, 5) is 13.1. The predicted octanol–water partition coefficient (Wildman–Crippen LogP) is 0.190. The standard InChI is InChI=1S/C11H21NO6S/c1-11(2,3)18-10(14)12-5-8(9(13)6-12)7-17-19(4,15)16/h8-9,13H,5-7H2,1-4H3/t8-,9-/m1/s1. The molecule has 1 amide bonds. The second-order valence-electron chi connectivity index (χ2n) is 5.70. The summed E-state index contributed by atoms with van der Waals surface area (Å²) in [6, 6.07) is 0. The fourth-order valence-electron chi connectivity index (χ4n) is 1.70. The zero-order valence-electron chi connectivity index (χ0n) is 11.6. The summed E-state index contributed by atoms with van der Waals surface area (Å²) in [5, 5.41) is 9.78. The van der Waals surface area contributed by atoms with E-state index in [4.69, 9.17) is 4.74 Å². The Morgan fingerprint density at radius 1 is 1.37 bits per heavy atom. The minimum atomic E-state index is -3.55. The van der Waals surface area contributed by atoms with E-state index in [2.05, 4.69) is 4.18 Å². The van der Waals surface area contributed by atoms with Crippen molar-refractivity contribution in [2.45, 2.75) is 32.5 Å². The van der Waals surface area contributed by atoms with Gasteiger partial charge in [-0.2, -0.15) is 8.42 Å². The van der Waals surface area contributed by atoms with Crippen LogP contribution in [0.4, 0.5) is 4.79 Å². The van der Waals surface area contributed by atoms with Gasteiger partial charge in [-0.05, 0) is 20.8 Å². The number of aliphatic hydroxyl groups is 1. The summed E-state index contributed by atoms with van der Waals surface area (Å²) in [5.41, 5.74) is -0.608. The Labute approximate surface area is 113 Å². The molecule has 1 fully saturated rings. The molecule has 0 unspecified atom stereocenters. The lowest BCUT2D eigenvalue weighted by Crippen LogP contribution is -2.36. The first kappa shape index (κ1) is 16.2. The quantitative estimate of drug-likeness (QED) is 0.747. The topological polar surface area (TPSA) is 93.1 Å². The predicted molar refractivity (Wildman–Crippen MR) is 68.1 cm³/mol. The van der Waals surface area contributed by atoms with Gasteiger partial charge in [0.15, 0.2) is 0 Å². The highest BCUT2D eigenvalue weighted by Crippen LogP contribution is 2.20. The minimum Gasteiger partial charge on any atom is -0.444 e. The number of hydrogen-bond donors (Lipinski definition) is 1. The summed E-state index contributed by atoms with van der Waals surface area (Å²) in [5.74, 6) is -0.428. The van der Waals surface area contributed by atoms with Crippen LogP contribution in [0.5, 0.6) is 0 Å². The van der Waals surface area contributed by atoms with Gasteiger partial charge in [-0.1, -0.05) is 0 Å². The molecule has 1 N–H and O–H groups in total. The van der Waals surface area contributed by atoms with Crippen molar-refractivity contribution in [1.82, 2.24) is 4.90 Å². The molecule has 0 radical (unpaired) electrons. The van der Waals surface area contributed by atoms with E-state index in [0.29, 0.717) is 0 Å². The van der Waals surface area contributed by atoms with E-state index in [1.165, 1.54) is 4.90 Å². The fourth-order valence-corrected chi connectivity index (χ4v) is 2.13. The Morgan fingerprint density at radius 2 is 1.95 bits per heavy atom. The van der Waals surface area contributed by atoms with Crippen molar-refractivity contribution in [2.24, 2.45) is 5.92 Å². The van der Waals surface area contributed by atoms with E-state index in [0.717, 1.165) is 6.26 Å². The van der Waals surface area contributed by atoms with Gasteiger partial charge in [0.25, 0.3) is 10.1 Å². The first-order chi connectivity index (χ1) is 8.48. The number of β-amino-alcohol motifs (C(OH)–C–C–N with tert-alkyl or cyclic N) is 1. The normalized spacial score (nSPS) is 24.6. The molecule has 1 rings (SSSR count). The molecule has 7 nitrogen and oxygen atoms in total. The molecule has 0 aliphatic carbocycles. The minimum absolute atomic E-state index is 0.118. The van der Waals surface area contributed by atoms with Crippen LogP contribution < -0.4 is 0 Å². The maximum Gasteiger partial charge on any atom is 0.410 e. The summed E-state index contributed by atoms with van der Waals surface area (Å²) in [6.07, 6.45) is -0.386. The van der Waals surface area contributed by atoms with Gasteiger partial charge in [0.2, 0.25) is 0 Å². The lowest BCUT2D eigenvalue weighted by Gasteiger charge is -2.24. The van der Waals surface area contributed by atoms with Crippen LogP contribution in [0.3, 0.4) is 0 Å². The van der Waals surface area contributed by atoms with Gasteiger partial charge >= 0.3 is 6.09 Å². The zero-order valence-corrected chi connectivity index (χ0v) is 12.4. The number of aliphatic hydroxyl groups excluding tert-OH is 1. The first-order valence-electron chi connectivity index (χ1n) is 5.98. The number of rotatable bonds is 3. The molecule has 1 heterocycles. The van der Waals surface area contributed by atoms with Gasteiger partial charge in [0, 0.05) is 12.5 Å². The van der Waals surface area contributed by atoms with Crippen LogP contribution in [0.15, 0.2) is 0 Å². The van der Waals surface area contributed by atoms with E-state index in [1.807, 2.05) is 0 Å².